The van der Waals surface area contributed by atoms with Crippen LogP contribution in [0.3, 0.4) is 0 Å². The van der Waals surface area contributed by atoms with Crippen LogP contribution in [0.4, 0.5) is 0 Å². The molecule has 0 aliphatic carbocycles. The van der Waals surface area contributed by atoms with Gasteiger partial charge in [-0.3, -0.25) is 10.00 Å². The first-order valence-electron chi connectivity index (χ1n) is 8.99. The lowest BCUT2D eigenvalue weighted by molar-refractivity contribution is 0.0382. The minimum absolute atomic E-state index is 0.423. The first-order chi connectivity index (χ1) is 12.7. The highest BCUT2D eigenvalue weighted by molar-refractivity contribution is 5.44. The predicted molar refractivity (Wildman–Crippen MR) is 97.5 cm³/mol. The summed E-state index contributed by atoms with van der Waals surface area (Å²) in [6.07, 6.45) is 0.812. The second-order valence-electron chi connectivity index (χ2n) is 6.17. The number of morpholine rings is 1. The molecule has 0 radical (unpaired) electrons. The number of rotatable bonds is 8. The minimum atomic E-state index is -0.423. The van der Waals surface area contributed by atoms with Gasteiger partial charge in [-0.2, -0.15) is 5.10 Å². The molecule has 1 aromatic carbocycles. The van der Waals surface area contributed by atoms with Gasteiger partial charge < -0.3 is 19.9 Å². The van der Waals surface area contributed by atoms with Crippen molar-refractivity contribution in [2.45, 2.75) is 19.4 Å². The molecule has 1 saturated heterocycles. The molecule has 2 heterocycles. The summed E-state index contributed by atoms with van der Waals surface area (Å²) >= 11 is 0. The number of nitrogens with one attached hydrogen (secondary N) is 1. The van der Waals surface area contributed by atoms with E-state index < -0.39 is 6.04 Å². The van der Waals surface area contributed by atoms with Gasteiger partial charge in [-0.05, 0) is 24.6 Å². The van der Waals surface area contributed by atoms with E-state index in [0.29, 0.717) is 23.9 Å². The SMILES string of the molecule is CCOc1cc([C@H](N)c2n[nH]c(CCN3CCOCC3)n2)ccc1OC. The second kappa shape index (κ2) is 8.98. The van der Waals surface area contributed by atoms with Crippen molar-refractivity contribution in [3.8, 4) is 11.5 Å². The third-order valence-electron chi connectivity index (χ3n) is 4.44. The smallest absolute Gasteiger partial charge is 0.171 e. The van der Waals surface area contributed by atoms with Crippen LogP contribution in [0.15, 0.2) is 18.2 Å². The maximum atomic E-state index is 6.36. The van der Waals surface area contributed by atoms with Crippen molar-refractivity contribution in [1.82, 2.24) is 20.1 Å². The molecule has 3 rings (SSSR count). The molecule has 0 bridgehead atoms. The number of nitrogens with zero attached hydrogens (tertiary/aromatic N) is 3. The Morgan fingerprint density at radius 3 is 2.85 bits per heavy atom. The fourth-order valence-corrected chi connectivity index (χ4v) is 2.95. The van der Waals surface area contributed by atoms with Gasteiger partial charge in [-0.15, -0.1) is 0 Å². The first-order valence-corrected chi connectivity index (χ1v) is 8.99. The first kappa shape index (κ1) is 18.6. The van der Waals surface area contributed by atoms with Crippen LogP contribution < -0.4 is 15.2 Å². The highest BCUT2D eigenvalue weighted by Gasteiger charge is 2.18. The number of hydrogen-bond acceptors (Lipinski definition) is 7. The maximum absolute atomic E-state index is 6.36. The van der Waals surface area contributed by atoms with E-state index in [4.69, 9.17) is 19.9 Å². The van der Waals surface area contributed by atoms with E-state index in [-0.39, 0.29) is 0 Å². The molecule has 1 aromatic heterocycles. The van der Waals surface area contributed by atoms with Gasteiger partial charge in [0.2, 0.25) is 0 Å². The molecule has 142 valence electrons. The van der Waals surface area contributed by atoms with Crippen LogP contribution in [-0.4, -0.2) is 66.6 Å². The molecule has 0 spiro atoms. The summed E-state index contributed by atoms with van der Waals surface area (Å²) in [6, 6.07) is 5.23. The highest BCUT2D eigenvalue weighted by Crippen LogP contribution is 2.31. The molecule has 2 aromatic rings. The van der Waals surface area contributed by atoms with E-state index in [1.807, 2.05) is 25.1 Å². The number of aromatic nitrogens is 3. The van der Waals surface area contributed by atoms with Gasteiger partial charge in [0.05, 0.1) is 33.0 Å². The van der Waals surface area contributed by atoms with Gasteiger partial charge in [-0.25, -0.2) is 4.98 Å². The van der Waals surface area contributed by atoms with Gasteiger partial charge in [0, 0.05) is 26.1 Å². The molecule has 0 unspecified atom stereocenters. The van der Waals surface area contributed by atoms with Gasteiger partial charge >= 0.3 is 0 Å². The molecule has 1 atom stereocenters. The third kappa shape index (κ3) is 4.51. The standard InChI is InChI=1S/C18H27N5O3/c1-3-26-15-12-13(4-5-14(15)24-2)17(19)18-20-16(21-22-18)6-7-23-8-10-25-11-9-23/h4-5,12,17H,3,6-11,19H2,1-2H3,(H,20,21,22)/t17-/m0/s1. The van der Waals surface area contributed by atoms with E-state index in [9.17, 15) is 0 Å². The molecule has 1 fully saturated rings. The monoisotopic (exact) mass is 361 g/mol. The Hall–Kier alpha value is -2.16. The van der Waals surface area contributed by atoms with Crippen LogP contribution >= 0.6 is 0 Å². The quantitative estimate of drug-likeness (QED) is 0.727. The Morgan fingerprint density at radius 2 is 2.12 bits per heavy atom. The molecule has 3 N–H and O–H groups in total. The average molecular weight is 361 g/mol. The average Bonchev–Trinajstić information content (AvgIpc) is 3.16. The Labute approximate surface area is 153 Å². The third-order valence-corrected chi connectivity index (χ3v) is 4.44. The number of nitrogens with two attached hydrogens (primary N) is 1. The molecule has 1 aliphatic rings. The van der Waals surface area contributed by atoms with Crippen molar-refractivity contribution in [3.05, 3.63) is 35.4 Å². The minimum Gasteiger partial charge on any atom is -0.493 e. The largest absolute Gasteiger partial charge is 0.493 e. The maximum Gasteiger partial charge on any atom is 0.171 e. The lowest BCUT2D eigenvalue weighted by atomic mass is 10.1. The Morgan fingerprint density at radius 1 is 1.31 bits per heavy atom. The molecule has 1 aliphatic heterocycles. The van der Waals surface area contributed by atoms with Gasteiger partial charge in [0.1, 0.15) is 5.82 Å². The van der Waals surface area contributed by atoms with Crippen molar-refractivity contribution in [2.24, 2.45) is 5.73 Å². The van der Waals surface area contributed by atoms with Gasteiger partial charge in [0.25, 0.3) is 0 Å². The summed E-state index contributed by atoms with van der Waals surface area (Å²) in [5.41, 5.74) is 7.24. The van der Waals surface area contributed by atoms with Crippen molar-refractivity contribution in [3.63, 3.8) is 0 Å². The van der Waals surface area contributed by atoms with Gasteiger partial charge in [0.15, 0.2) is 17.3 Å². The zero-order valence-electron chi connectivity index (χ0n) is 15.4. The van der Waals surface area contributed by atoms with E-state index >= 15 is 0 Å². The summed E-state index contributed by atoms with van der Waals surface area (Å²) in [5, 5.41) is 7.30. The summed E-state index contributed by atoms with van der Waals surface area (Å²) in [5.74, 6) is 2.78. The zero-order valence-corrected chi connectivity index (χ0v) is 15.4. The summed E-state index contributed by atoms with van der Waals surface area (Å²) in [4.78, 5) is 6.93. The predicted octanol–water partition coefficient (Wildman–Crippen LogP) is 1.13. The van der Waals surface area contributed by atoms with Crippen LogP contribution in [0.2, 0.25) is 0 Å². The number of methoxy groups -OCH3 is 1. The fraction of sp³-hybridized carbons (Fsp3) is 0.556. The van der Waals surface area contributed by atoms with Crippen molar-refractivity contribution in [1.29, 1.82) is 0 Å². The summed E-state index contributed by atoms with van der Waals surface area (Å²) in [6.45, 7) is 6.95. The Balaban J connectivity index is 1.65. The molecule has 8 heteroatoms. The molecule has 0 saturated carbocycles. The Bertz CT molecular complexity index is 700. The summed E-state index contributed by atoms with van der Waals surface area (Å²) < 4.78 is 16.3. The van der Waals surface area contributed by atoms with Crippen molar-refractivity contribution in [2.75, 3.05) is 46.6 Å². The van der Waals surface area contributed by atoms with Crippen LogP contribution in [0.1, 0.15) is 30.2 Å². The molecular weight excluding hydrogens is 334 g/mol. The van der Waals surface area contributed by atoms with Crippen LogP contribution in [0.5, 0.6) is 11.5 Å². The van der Waals surface area contributed by atoms with E-state index in [0.717, 1.165) is 50.7 Å². The lowest BCUT2D eigenvalue weighted by Gasteiger charge is -2.25. The fourth-order valence-electron chi connectivity index (χ4n) is 2.95. The van der Waals surface area contributed by atoms with E-state index in [2.05, 4.69) is 20.1 Å². The number of ether oxygens (including phenoxy) is 3. The zero-order chi connectivity index (χ0) is 18.4. The summed E-state index contributed by atoms with van der Waals surface area (Å²) in [7, 11) is 1.62. The van der Waals surface area contributed by atoms with E-state index in [1.165, 1.54) is 0 Å². The second-order valence-corrected chi connectivity index (χ2v) is 6.17. The molecule has 0 amide bonds. The van der Waals surface area contributed by atoms with Gasteiger partial charge in [-0.1, -0.05) is 6.07 Å². The Kier molecular flexibility index (Phi) is 6.43. The topological polar surface area (TPSA) is 98.5 Å². The number of aromatic amines is 1. The van der Waals surface area contributed by atoms with Crippen molar-refractivity contribution >= 4 is 0 Å². The number of hydrogen-bond donors (Lipinski definition) is 2. The van der Waals surface area contributed by atoms with Crippen LogP contribution in [0.25, 0.3) is 0 Å². The normalized spacial score (nSPS) is 16.4. The van der Waals surface area contributed by atoms with Crippen molar-refractivity contribution < 1.29 is 14.2 Å². The van der Waals surface area contributed by atoms with E-state index in [1.54, 1.807) is 7.11 Å². The highest BCUT2D eigenvalue weighted by atomic mass is 16.5. The van der Waals surface area contributed by atoms with Crippen LogP contribution in [-0.2, 0) is 11.2 Å². The number of benzene rings is 1. The molecular formula is C18H27N5O3. The number of H-pyrrole nitrogens is 1. The lowest BCUT2D eigenvalue weighted by Crippen LogP contribution is -2.37. The molecule has 26 heavy (non-hydrogen) atoms. The molecule has 8 nitrogen and oxygen atoms in total. The van der Waals surface area contributed by atoms with Crippen LogP contribution in [0, 0.1) is 0 Å².